The average molecular weight is 397 g/mol. The van der Waals surface area contributed by atoms with Gasteiger partial charge < -0.3 is 14.6 Å². The first kappa shape index (κ1) is 19.7. The van der Waals surface area contributed by atoms with E-state index in [4.69, 9.17) is 11.2 Å². The van der Waals surface area contributed by atoms with E-state index in [0.29, 0.717) is 18.1 Å². The molecule has 3 amide bonds. The molecule has 2 aromatic rings. The van der Waals surface area contributed by atoms with Gasteiger partial charge in [0.1, 0.15) is 6.54 Å². The number of hydrogen-bond acceptors (Lipinski definition) is 5. The Morgan fingerprint density at radius 2 is 2.14 bits per heavy atom. The molecule has 0 saturated carbocycles. The lowest BCUT2D eigenvalue weighted by Gasteiger charge is -2.06. The Morgan fingerprint density at radius 3 is 2.89 bits per heavy atom. The number of benzene rings is 1. The number of rotatable bonds is 7. The Balaban J connectivity index is 1.89. The molecule has 0 aliphatic carbocycles. The molecule has 1 aliphatic rings. The van der Waals surface area contributed by atoms with Gasteiger partial charge in [0.05, 0.1) is 18.1 Å². The molecule has 0 atom stereocenters. The fraction of sp³-hybridized carbons (Fsp3) is 0.250. The zero-order chi connectivity index (χ0) is 20.1. The van der Waals surface area contributed by atoms with Crippen molar-refractivity contribution in [3.8, 4) is 12.3 Å². The van der Waals surface area contributed by atoms with E-state index in [1.165, 1.54) is 0 Å². The summed E-state index contributed by atoms with van der Waals surface area (Å²) in [6.07, 6.45) is 8.70. The summed E-state index contributed by atoms with van der Waals surface area (Å²) in [6, 6.07) is 7.57. The fourth-order valence-electron chi connectivity index (χ4n) is 2.89. The molecule has 1 aromatic heterocycles. The third-order valence-corrected chi connectivity index (χ3v) is 5.08. The van der Waals surface area contributed by atoms with E-state index in [2.05, 4.69) is 11.2 Å². The summed E-state index contributed by atoms with van der Waals surface area (Å²) in [4.78, 5) is 37.9. The number of aromatic nitrogens is 1. The Labute approximate surface area is 166 Å². The first-order valence-electron chi connectivity index (χ1n) is 8.57. The van der Waals surface area contributed by atoms with Crippen molar-refractivity contribution in [1.82, 2.24) is 14.8 Å². The average Bonchev–Trinajstić information content (AvgIpc) is 3.15. The molecule has 0 bridgehead atoms. The van der Waals surface area contributed by atoms with Crippen LogP contribution in [0.4, 0.5) is 4.79 Å². The number of nitrogens with zero attached hydrogens (tertiary/aromatic N) is 2. The standard InChI is InChI=1S/C20H19N3O4S/c1-3-9-23-19(25)17(28-20(23)26)11-14-12-22(13-18(24)21-8-10-27-2)16-7-5-4-6-15(14)16/h1,4-7,11-12H,8-10,13H2,2H3,(H,21,24)/b17-11-. The van der Waals surface area contributed by atoms with Crippen molar-refractivity contribution in [3.05, 3.63) is 40.9 Å². The first-order chi connectivity index (χ1) is 13.5. The highest BCUT2D eigenvalue weighted by molar-refractivity contribution is 8.18. The summed E-state index contributed by atoms with van der Waals surface area (Å²) >= 11 is 0.862. The second-order valence-electron chi connectivity index (χ2n) is 6.04. The molecule has 0 unspecified atom stereocenters. The van der Waals surface area contributed by atoms with Crippen LogP contribution in [0.2, 0.25) is 0 Å². The molecule has 0 spiro atoms. The van der Waals surface area contributed by atoms with Crippen molar-refractivity contribution < 1.29 is 19.1 Å². The Kier molecular flexibility index (Phi) is 6.19. The van der Waals surface area contributed by atoms with Gasteiger partial charge in [0.15, 0.2) is 0 Å². The maximum atomic E-state index is 12.4. The Hall–Kier alpha value is -3.02. The zero-order valence-corrected chi connectivity index (χ0v) is 16.1. The van der Waals surface area contributed by atoms with Gasteiger partial charge in [0.25, 0.3) is 11.1 Å². The largest absolute Gasteiger partial charge is 0.383 e. The highest BCUT2D eigenvalue weighted by Crippen LogP contribution is 2.33. The van der Waals surface area contributed by atoms with Crippen molar-refractivity contribution in [1.29, 1.82) is 0 Å². The smallest absolute Gasteiger partial charge is 0.294 e. The number of amides is 3. The molecule has 3 rings (SSSR count). The van der Waals surface area contributed by atoms with E-state index in [9.17, 15) is 14.4 Å². The van der Waals surface area contributed by atoms with E-state index in [1.807, 2.05) is 28.8 Å². The van der Waals surface area contributed by atoms with Crippen LogP contribution in [0.15, 0.2) is 35.4 Å². The number of para-hydroxylation sites is 1. The van der Waals surface area contributed by atoms with Crippen LogP contribution in [0.3, 0.4) is 0 Å². The number of hydrogen-bond donors (Lipinski definition) is 1. The number of carbonyl (C=O) groups is 3. The van der Waals surface area contributed by atoms with Crippen molar-refractivity contribution in [2.24, 2.45) is 0 Å². The van der Waals surface area contributed by atoms with Crippen molar-refractivity contribution in [2.75, 3.05) is 26.8 Å². The number of thioether (sulfide) groups is 1. The fourth-order valence-corrected chi connectivity index (χ4v) is 3.72. The Bertz CT molecular complexity index is 1000. The maximum absolute atomic E-state index is 12.4. The molecule has 1 N–H and O–H groups in total. The third-order valence-electron chi connectivity index (χ3n) is 4.17. The van der Waals surface area contributed by atoms with Crippen LogP contribution >= 0.6 is 11.8 Å². The van der Waals surface area contributed by atoms with E-state index in [0.717, 1.165) is 33.1 Å². The number of ether oxygens (including phenoxy) is 1. The van der Waals surface area contributed by atoms with Gasteiger partial charge in [-0.05, 0) is 23.9 Å². The maximum Gasteiger partial charge on any atom is 0.294 e. The van der Waals surface area contributed by atoms with Crippen LogP contribution in [0.1, 0.15) is 5.56 Å². The zero-order valence-electron chi connectivity index (χ0n) is 15.3. The van der Waals surface area contributed by atoms with E-state index < -0.39 is 5.91 Å². The molecule has 2 heterocycles. The highest BCUT2D eigenvalue weighted by atomic mass is 32.2. The summed E-state index contributed by atoms with van der Waals surface area (Å²) in [5.41, 5.74) is 1.62. The topological polar surface area (TPSA) is 80.6 Å². The lowest BCUT2D eigenvalue weighted by molar-refractivity contribution is -0.122. The molecule has 1 aromatic carbocycles. The second kappa shape index (κ2) is 8.78. The minimum Gasteiger partial charge on any atom is -0.383 e. The van der Waals surface area contributed by atoms with E-state index >= 15 is 0 Å². The van der Waals surface area contributed by atoms with Gasteiger partial charge in [-0.1, -0.05) is 24.1 Å². The molecule has 8 heteroatoms. The van der Waals surface area contributed by atoms with E-state index in [1.54, 1.807) is 19.4 Å². The molecule has 144 valence electrons. The number of fused-ring (bicyclic) bond motifs is 1. The SMILES string of the molecule is C#CCN1C(=O)S/C(=C\c2cn(CC(=O)NCCOC)c3ccccc23)C1=O. The molecule has 1 fully saturated rings. The predicted octanol–water partition coefficient (Wildman–Crippen LogP) is 2.07. The summed E-state index contributed by atoms with van der Waals surface area (Å²) in [6.45, 7) is 0.961. The summed E-state index contributed by atoms with van der Waals surface area (Å²) in [5, 5.41) is 3.29. The number of imide groups is 1. The van der Waals surface area contributed by atoms with Gasteiger partial charge in [-0.3, -0.25) is 19.3 Å². The normalized spacial score (nSPS) is 15.4. The van der Waals surface area contributed by atoms with Crippen LogP contribution in [0.5, 0.6) is 0 Å². The highest BCUT2D eigenvalue weighted by Gasteiger charge is 2.34. The summed E-state index contributed by atoms with van der Waals surface area (Å²) in [7, 11) is 1.57. The minimum absolute atomic E-state index is 0.0502. The Morgan fingerprint density at radius 1 is 1.36 bits per heavy atom. The molecule has 1 saturated heterocycles. The van der Waals surface area contributed by atoms with Gasteiger partial charge in [0.2, 0.25) is 5.91 Å². The van der Waals surface area contributed by atoms with Crippen molar-refractivity contribution in [2.45, 2.75) is 6.54 Å². The van der Waals surface area contributed by atoms with Gasteiger partial charge in [-0.15, -0.1) is 6.42 Å². The van der Waals surface area contributed by atoms with Crippen LogP contribution in [-0.4, -0.2) is 53.3 Å². The van der Waals surface area contributed by atoms with Crippen molar-refractivity contribution in [3.63, 3.8) is 0 Å². The summed E-state index contributed by atoms with van der Waals surface area (Å²) in [5.74, 6) is 1.78. The lowest BCUT2D eigenvalue weighted by atomic mass is 10.1. The van der Waals surface area contributed by atoms with Gasteiger partial charge in [-0.25, -0.2) is 0 Å². The molecular weight excluding hydrogens is 378 g/mol. The summed E-state index contributed by atoms with van der Waals surface area (Å²) < 4.78 is 6.74. The third kappa shape index (κ3) is 4.11. The van der Waals surface area contributed by atoms with Gasteiger partial charge in [0, 0.05) is 36.3 Å². The van der Waals surface area contributed by atoms with Gasteiger partial charge in [-0.2, -0.15) is 0 Å². The number of methoxy groups -OCH3 is 1. The predicted molar refractivity (Wildman–Crippen MR) is 108 cm³/mol. The number of carbonyl (C=O) groups excluding carboxylic acids is 3. The molecular formula is C20H19N3O4S. The molecule has 0 radical (unpaired) electrons. The van der Waals surface area contributed by atoms with Crippen molar-refractivity contribution >= 4 is 45.8 Å². The lowest BCUT2D eigenvalue weighted by Crippen LogP contribution is -2.30. The van der Waals surface area contributed by atoms with Crippen LogP contribution in [0.25, 0.3) is 17.0 Å². The molecule has 1 aliphatic heterocycles. The van der Waals surface area contributed by atoms with Crippen LogP contribution in [0, 0.1) is 12.3 Å². The first-order valence-corrected chi connectivity index (χ1v) is 9.39. The number of terminal acetylenes is 1. The quantitative estimate of drug-likeness (QED) is 0.440. The molecule has 7 nitrogen and oxygen atoms in total. The number of nitrogens with one attached hydrogen (secondary N) is 1. The van der Waals surface area contributed by atoms with Gasteiger partial charge >= 0.3 is 0 Å². The van der Waals surface area contributed by atoms with Crippen LogP contribution in [-0.2, 0) is 20.9 Å². The second-order valence-corrected chi connectivity index (χ2v) is 7.04. The molecule has 28 heavy (non-hydrogen) atoms. The van der Waals surface area contributed by atoms with E-state index in [-0.39, 0.29) is 24.2 Å². The monoisotopic (exact) mass is 397 g/mol. The minimum atomic E-state index is -0.401. The van der Waals surface area contributed by atoms with Crippen LogP contribution < -0.4 is 5.32 Å².